The monoisotopic (exact) mass is 939 g/mol. The normalized spacial score (nSPS) is 11.7. The molecule has 0 amide bonds. The first kappa shape index (κ1) is 39.8. The second-order valence-electron chi connectivity index (χ2n) is 16.7. The Balaban J connectivity index is 0.000000195. The van der Waals surface area contributed by atoms with Gasteiger partial charge in [0, 0.05) is 43.1 Å². The largest absolute Gasteiger partial charge is 0.486 e. The number of benzene rings is 5. The van der Waals surface area contributed by atoms with Crippen LogP contribution in [0.5, 0.6) is 0 Å². The summed E-state index contributed by atoms with van der Waals surface area (Å²) in [7, 11) is -1.37. The van der Waals surface area contributed by atoms with E-state index in [2.05, 4.69) is 141 Å². The van der Waals surface area contributed by atoms with Crippen molar-refractivity contribution >= 4 is 46.4 Å². The van der Waals surface area contributed by atoms with Crippen LogP contribution in [0.3, 0.4) is 0 Å². The van der Waals surface area contributed by atoms with Crippen LogP contribution in [0.25, 0.3) is 72.6 Å². The zero-order valence-corrected chi connectivity index (χ0v) is 36.9. The van der Waals surface area contributed by atoms with E-state index in [-0.39, 0.29) is 25.5 Å². The first-order valence-electron chi connectivity index (χ1n) is 19.2. The predicted octanol–water partition coefficient (Wildman–Crippen LogP) is 12.4. The summed E-state index contributed by atoms with van der Waals surface area (Å²) in [6.45, 7) is 16.1. The number of hydrogen-bond acceptors (Lipinski definition) is 4. The molecule has 57 heavy (non-hydrogen) atoms. The summed E-state index contributed by atoms with van der Waals surface area (Å²) in [4.78, 5) is 14.3. The fourth-order valence-corrected chi connectivity index (χ4v) is 8.94. The fourth-order valence-electron chi connectivity index (χ4n) is 7.36. The van der Waals surface area contributed by atoms with Crippen molar-refractivity contribution in [3.05, 3.63) is 163 Å². The van der Waals surface area contributed by atoms with E-state index in [4.69, 9.17) is 14.4 Å². The van der Waals surface area contributed by atoms with Gasteiger partial charge in [-0.15, -0.1) is 54.1 Å². The predicted molar refractivity (Wildman–Crippen MR) is 235 cm³/mol. The molecule has 0 saturated carbocycles. The van der Waals surface area contributed by atoms with Gasteiger partial charge in [-0.1, -0.05) is 118 Å². The summed E-state index contributed by atoms with van der Waals surface area (Å²) >= 11 is 0. The summed E-state index contributed by atoms with van der Waals surface area (Å²) in [6, 6.07) is 52.3. The van der Waals surface area contributed by atoms with Crippen LogP contribution in [0, 0.1) is 24.5 Å². The van der Waals surface area contributed by atoms with E-state index < -0.39 is 8.07 Å². The molecule has 0 fully saturated rings. The van der Waals surface area contributed by atoms with E-state index in [9.17, 15) is 0 Å². The number of para-hydroxylation sites is 2. The van der Waals surface area contributed by atoms with E-state index >= 15 is 0 Å². The zero-order valence-electron chi connectivity index (χ0n) is 33.5. The minimum absolute atomic E-state index is 0. The molecular formula is C50H46IrN4OSi-2. The van der Waals surface area contributed by atoms with E-state index in [1.54, 1.807) is 0 Å². The summed E-state index contributed by atoms with van der Waals surface area (Å²) in [5, 5.41) is 3.49. The van der Waals surface area contributed by atoms with Crippen molar-refractivity contribution in [3.63, 3.8) is 0 Å². The SMILES string of the molecule is CC(C)(C)Cc1cc(-c2[c-]cccc2)ncc1[Si](C)(C)C.Cc1ccc2c(n1)oc1c(-c3nc4ccccc4n3-c3ccc(-c4ccccc4)cc3)[c-]ccc12.[Ir]. The van der Waals surface area contributed by atoms with Crippen molar-refractivity contribution in [2.24, 2.45) is 5.41 Å². The molecule has 0 spiro atoms. The third-order valence-corrected chi connectivity index (χ3v) is 12.0. The number of aryl methyl sites for hydroxylation is 1. The van der Waals surface area contributed by atoms with E-state index in [1.165, 1.54) is 21.9 Å². The number of furan rings is 1. The van der Waals surface area contributed by atoms with Gasteiger partial charge in [0.25, 0.3) is 0 Å². The average molecular weight is 939 g/mol. The Morgan fingerprint density at radius 1 is 0.719 bits per heavy atom. The van der Waals surface area contributed by atoms with Crippen molar-refractivity contribution < 1.29 is 24.5 Å². The van der Waals surface area contributed by atoms with Crippen LogP contribution < -0.4 is 5.19 Å². The van der Waals surface area contributed by atoms with Gasteiger partial charge in [-0.25, -0.2) is 4.98 Å². The quantitative estimate of drug-likeness (QED) is 0.123. The molecule has 0 unspecified atom stereocenters. The van der Waals surface area contributed by atoms with Gasteiger partial charge in [0.05, 0.1) is 30.5 Å². The van der Waals surface area contributed by atoms with Crippen LogP contribution in [0.1, 0.15) is 32.0 Å². The Bertz CT molecular complexity index is 2800. The molecule has 5 nitrogen and oxygen atoms in total. The molecule has 0 N–H and O–H groups in total. The molecule has 4 heterocycles. The zero-order chi connectivity index (χ0) is 39.0. The van der Waals surface area contributed by atoms with E-state index in [0.717, 1.165) is 67.8 Å². The van der Waals surface area contributed by atoms with Gasteiger partial charge in [0.15, 0.2) is 0 Å². The molecular weight excluding hydrogens is 893 g/mol. The van der Waals surface area contributed by atoms with Gasteiger partial charge < -0.3 is 14.0 Å². The fraction of sp³-hybridized carbons (Fsp3) is 0.180. The van der Waals surface area contributed by atoms with Crippen molar-refractivity contribution in [2.75, 3.05) is 0 Å². The first-order valence-corrected chi connectivity index (χ1v) is 22.7. The van der Waals surface area contributed by atoms with Crippen molar-refractivity contribution in [1.82, 2.24) is 19.5 Å². The minimum atomic E-state index is -1.37. The third kappa shape index (κ3) is 8.47. The molecule has 0 aliphatic carbocycles. The number of aromatic nitrogens is 4. The maximum absolute atomic E-state index is 6.29. The van der Waals surface area contributed by atoms with Crippen LogP contribution in [-0.2, 0) is 26.5 Å². The van der Waals surface area contributed by atoms with Crippen LogP contribution in [0.2, 0.25) is 19.6 Å². The number of fused-ring (bicyclic) bond motifs is 4. The molecule has 1 radical (unpaired) electrons. The summed E-state index contributed by atoms with van der Waals surface area (Å²) in [6.07, 6.45) is 3.21. The van der Waals surface area contributed by atoms with Crippen molar-refractivity contribution in [3.8, 4) is 39.5 Å². The van der Waals surface area contributed by atoms with Crippen LogP contribution in [-0.4, -0.2) is 27.6 Å². The Morgan fingerprint density at radius 3 is 2.16 bits per heavy atom. The molecule has 7 heteroatoms. The second-order valence-corrected chi connectivity index (χ2v) is 21.7. The Hall–Kier alpha value is -5.46. The topological polar surface area (TPSA) is 56.7 Å². The summed E-state index contributed by atoms with van der Waals surface area (Å²) in [5.41, 5.74) is 12.3. The first-order chi connectivity index (χ1) is 26.9. The minimum Gasteiger partial charge on any atom is -0.486 e. The van der Waals surface area contributed by atoms with Crippen molar-refractivity contribution in [2.45, 2.75) is 53.8 Å². The molecule has 0 saturated heterocycles. The van der Waals surface area contributed by atoms with Gasteiger partial charge in [0.1, 0.15) is 0 Å². The van der Waals surface area contributed by atoms with Crippen LogP contribution in [0.4, 0.5) is 0 Å². The summed E-state index contributed by atoms with van der Waals surface area (Å²) in [5.74, 6) is 0.792. The maximum atomic E-state index is 6.29. The molecule has 0 aliphatic rings. The molecule has 0 atom stereocenters. The smallest absolute Gasteiger partial charge is 0.216 e. The van der Waals surface area contributed by atoms with Crippen LogP contribution >= 0.6 is 0 Å². The van der Waals surface area contributed by atoms with Gasteiger partial charge in [-0.05, 0) is 77.2 Å². The molecule has 0 aliphatic heterocycles. The number of rotatable bonds is 6. The maximum Gasteiger partial charge on any atom is 0.216 e. The van der Waals surface area contributed by atoms with E-state index in [0.29, 0.717) is 5.71 Å². The Kier molecular flexibility index (Phi) is 11.3. The summed E-state index contributed by atoms with van der Waals surface area (Å²) < 4.78 is 8.47. The van der Waals surface area contributed by atoms with Gasteiger partial charge in [-0.3, -0.25) is 4.98 Å². The third-order valence-electron chi connectivity index (χ3n) is 9.96. The molecule has 287 valence electrons. The van der Waals surface area contributed by atoms with Gasteiger partial charge in [-0.2, -0.15) is 0 Å². The average Bonchev–Trinajstić information content (AvgIpc) is 3.76. The standard InChI is InChI=1S/C31H20N3O.C19H26NSi.Ir/c1-20-14-19-25-24-10-7-11-26(29(24)35-31(25)32-20)30-33-27-12-5-6-13-28(27)34(30)23-17-15-22(16-18-23)21-8-3-2-4-9-21;1-19(2,3)13-16-12-17(15-10-8-7-9-11-15)20-14-18(16)21(4,5)6;/h2-10,12-19H,1H3;7-10,12,14H,13H2,1-6H3;/q2*-1;. The molecule has 9 aromatic rings. The molecule has 5 aromatic carbocycles. The number of imidazole rings is 1. The number of pyridine rings is 2. The molecule has 4 aromatic heterocycles. The number of hydrogen-bond donors (Lipinski definition) is 0. The Labute approximate surface area is 350 Å². The van der Waals surface area contributed by atoms with Gasteiger partial charge >= 0.3 is 0 Å². The van der Waals surface area contributed by atoms with Crippen molar-refractivity contribution in [1.29, 1.82) is 0 Å². The second kappa shape index (κ2) is 16.2. The Morgan fingerprint density at radius 2 is 1.44 bits per heavy atom. The number of nitrogens with zero attached hydrogens (tertiary/aromatic N) is 4. The molecule has 0 bridgehead atoms. The van der Waals surface area contributed by atoms with Gasteiger partial charge in [0.2, 0.25) is 5.71 Å². The van der Waals surface area contributed by atoms with E-state index in [1.807, 2.05) is 67.6 Å². The molecule has 9 rings (SSSR count). The van der Waals surface area contributed by atoms with Crippen LogP contribution in [0.15, 0.2) is 144 Å².